The Bertz CT molecular complexity index is 855. The summed E-state index contributed by atoms with van der Waals surface area (Å²) < 4.78 is 0. The minimum Gasteiger partial charge on any atom is -0.378 e. The molecule has 1 aliphatic rings. The van der Waals surface area contributed by atoms with Gasteiger partial charge in [0, 0.05) is 17.8 Å². The van der Waals surface area contributed by atoms with E-state index in [1.54, 1.807) is 12.1 Å². The van der Waals surface area contributed by atoms with Crippen LogP contribution in [0.1, 0.15) is 71.0 Å². The van der Waals surface area contributed by atoms with Gasteiger partial charge in [0.15, 0.2) is 0 Å². The van der Waals surface area contributed by atoms with Crippen molar-refractivity contribution in [3.05, 3.63) is 69.8 Å². The Hall–Kier alpha value is -2.14. The molecule has 2 atom stereocenters. The third-order valence-corrected chi connectivity index (χ3v) is 15.2. The number of hydrogen-bond acceptors (Lipinski definition) is 3. The molecule has 2 aromatic rings. The van der Waals surface area contributed by atoms with Gasteiger partial charge < -0.3 is 5.32 Å². The molecule has 5 heteroatoms. The van der Waals surface area contributed by atoms with Gasteiger partial charge in [-0.2, -0.15) is 0 Å². The maximum atomic E-state index is 11.0. The zero-order valence-corrected chi connectivity index (χ0v) is 20.2. The number of fused-ring (bicyclic) bond motifs is 1. The summed E-state index contributed by atoms with van der Waals surface area (Å²) in [7, 11) is -1.55. The number of nitro groups is 1. The van der Waals surface area contributed by atoms with Crippen molar-refractivity contribution in [3.8, 4) is 0 Å². The zero-order chi connectivity index (χ0) is 22.1. The predicted octanol–water partition coefficient (Wildman–Crippen LogP) is 7.91. The molecule has 0 saturated carbocycles. The number of benzene rings is 2. The van der Waals surface area contributed by atoms with E-state index >= 15 is 0 Å². The highest BCUT2D eigenvalue weighted by Crippen LogP contribution is 2.52. The number of anilines is 1. The summed E-state index contributed by atoms with van der Waals surface area (Å²) in [6, 6.07) is 17.3. The molecule has 0 unspecified atom stereocenters. The number of nitro benzene ring substituents is 1. The Morgan fingerprint density at radius 2 is 1.53 bits per heavy atom. The second-order valence-corrected chi connectivity index (χ2v) is 15.9. The van der Waals surface area contributed by atoms with E-state index in [9.17, 15) is 10.1 Å². The lowest BCUT2D eigenvalue weighted by molar-refractivity contribution is -0.384. The van der Waals surface area contributed by atoms with Gasteiger partial charge in [0.05, 0.1) is 19.0 Å². The summed E-state index contributed by atoms with van der Waals surface area (Å²) in [4.78, 5) is 10.7. The number of nitrogens with zero attached hydrogens (tertiary/aromatic N) is 1. The van der Waals surface area contributed by atoms with Crippen LogP contribution in [0.5, 0.6) is 0 Å². The average molecular weight is 425 g/mol. The molecule has 1 N–H and O–H groups in total. The van der Waals surface area contributed by atoms with Crippen molar-refractivity contribution in [2.75, 3.05) is 5.32 Å². The van der Waals surface area contributed by atoms with Crippen LogP contribution < -0.4 is 5.32 Å². The van der Waals surface area contributed by atoms with E-state index in [0.29, 0.717) is 5.92 Å². The van der Waals surface area contributed by atoms with E-state index in [2.05, 4.69) is 71.1 Å². The highest BCUT2D eigenvalue weighted by Gasteiger charge is 2.45. The predicted molar refractivity (Wildman–Crippen MR) is 129 cm³/mol. The molecule has 2 aromatic carbocycles. The van der Waals surface area contributed by atoms with E-state index in [4.69, 9.17) is 0 Å². The topological polar surface area (TPSA) is 55.2 Å². The van der Waals surface area contributed by atoms with E-state index < -0.39 is 8.07 Å². The lowest BCUT2D eigenvalue weighted by atomic mass is 9.85. The summed E-state index contributed by atoms with van der Waals surface area (Å²) in [5.74, 6) is 0.515. The number of non-ortho nitro benzene ring substituents is 1. The highest BCUT2D eigenvalue weighted by atomic mass is 28.3. The van der Waals surface area contributed by atoms with Gasteiger partial charge in [0.1, 0.15) is 0 Å². The molecule has 4 nitrogen and oxygen atoms in total. The number of hydrogen-bond donors (Lipinski definition) is 1. The largest absolute Gasteiger partial charge is 0.378 e. The van der Waals surface area contributed by atoms with Gasteiger partial charge in [-0.25, -0.2) is 0 Å². The molecular weight excluding hydrogens is 388 g/mol. The second kappa shape index (κ2) is 8.92. The first-order valence-electron chi connectivity index (χ1n) is 11.3. The normalized spacial score (nSPS) is 19.1. The van der Waals surface area contributed by atoms with E-state index in [-0.39, 0.29) is 16.7 Å². The molecule has 1 heterocycles. The Morgan fingerprint density at radius 3 is 2.07 bits per heavy atom. The zero-order valence-electron chi connectivity index (χ0n) is 19.2. The van der Waals surface area contributed by atoms with Gasteiger partial charge in [-0.1, -0.05) is 88.5 Å². The summed E-state index contributed by atoms with van der Waals surface area (Å²) in [6.07, 6.45) is 1.04. The molecule has 0 spiro atoms. The smallest absolute Gasteiger partial charge is 0.269 e. The van der Waals surface area contributed by atoms with Crippen LogP contribution in [0.25, 0.3) is 0 Å². The van der Waals surface area contributed by atoms with Crippen molar-refractivity contribution in [3.63, 3.8) is 0 Å². The van der Waals surface area contributed by atoms with Gasteiger partial charge in [0.2, 0.25) is 0 Å². The third-order valence-electron chi connectivity index (χ3n) is 7.58. The van der Waals surface area contributed by atoms with Crippen molar-refractivity contribution in [1.82, 2.24) is 0 Å². The number of rotatable bonds is 7. The van der Waals surface area contributed by atoms with Crippen LogP contribution in [0.2, 0.25) is 22.7 Å². The first kappa shape index (κ1) is 22.5. The third kappa shape index (κ3) is 4.18. The second-order valence-electron chi connectivity index (χ2n) is 9.85. The first-order valence-corrected chi connectivity index (χ1v) is 13.7. The molecule has 0 amide bonds. The summed E-state index contributed by atoms with van der Waals surface area (Å²) in [5, 5.41) is 14.8. The van der Waals surface area contributed by atoms with E-state index in [1.807, 2.05) is 12.1 Å². The fraction of sp³-hybridized carbons (Fsp3) is 0.520. The molecule has 0 bridgehead atoms. The summed E-state index contributed by atoms with van der Waals surface area (Å²) in [5.41, 5.74) is 6.14. The van der Waals surface area contributed by atoms with Gasteiger partial charge in [-0.3, -0.25) is 10.1 Å². The van der Waals surface area contributed by atoms with Crippen LogP contribution in [-0.4, -0.2) is 13.0 Å². The molecule has 1 aliphatic heterocycles. The van der Waals surface area contributed by atoms with Crippen LogP contribution in [0, 0.1) is 10.1 Å². The molecule has 162 valence electrons. The highest BCUT2D eigenvalue weighted by molar-refractivity contribution is 6.83. The fourth-order valence-corrected chi connectivity index (χ4v) is 12.7. The molecule has 0 aromatic heterocycles. The fourth-order valence-electron chi connectivity index (χ4n) is 6.02. The minimum atomic E-state index is -1.55. The SMILES string of the molecule is CC(C)[Si](C[C@@H]1C[C@H](c2ccc([N+](=O)[O-])cc2)Nc2ccccc21)(C(C)C)C(C)C. The molecule has 0 aliphatic carbocycles. The first-order chi connectivity index (χ1) is 14.2. The van der Waals surface area contributed by atoms with E-state index in [0.717, 1.165) is 28.6 Å². The van der Waals surface area contributed by atoms with Gasteiger partial charge in [-0.05, 0) is 35.6 Å². The molecule has 0 radical (unpaired) electrons. The maximum Gasteiger partial charge on any atom is 0.269 e. The van der Waals surface area contributed by atoms with Crippen molar-refractivity contribution in [2.24, 2.45) is 0 Å². The molecule has 30 heavy (non-hydrogen) atoms. The van der Waals surface area contributed by atoms with Crippen molar-refractivity contribution < 1.29 is 4.92 Å². The lowest BCUT2D eigenvalue weighted by Gasteiger charge is -2.47. The Morgan fingerprint density at radius 1 is 0.967 bits per heavy atom. The molecule has 0 saturated heterocycles. The molecule has 0 fully saturated rings. The standard InChI is InChI=1S/C25H36N2O2Si/c1-17(2)30(18(3)4,19(5)6)16-21-15-25(26-24-10-8-7-9-23(21)24)20-11-13-22(14-12-20)27(28)29/h7-14,17-19,21,25-26H,15-16H2,1-6H3/t21-,25+/m0/s1. The Labute approximate surface area is 182 Å². The monoisotopic (exact) mass is 424 g/mol. The minimum absolute atomic E-state index is 0.150. The van der Waals surface area contributed by atoms with Crippen molar-refractivity contribution >= 4 is 19.4 Å². The Balaban J connectivity index is 1.98. The summed E-state index contributed by atoms with van der Waals surface area (Å²) in [6.45, 7) is 14.6. The molecule has 3 rings (SSSR count). The van der Waals surface area contributed by atoms with Gasteiger partial charge >= 0.3 is 0 Å². The Kier molecular flexibility index (Phi) is 6.70. The van der Waals surface area contributed by atoms with Crippen LogP contribution in [0.15, 0.2) is 48.5 Å². The quantitative estimate of drug-likeness (QED) is 0.279. The number of nitrogens with one attached hydrogen (secondary N) is 1. The van der Waals surface area contributed by atoms with Crippen molar-refractivity contribution in [1.29, 1.82) is 0 Å². The van der Waals surface area contributed by atoms with Crippen molar-refractivity contribution in [2.45, 2.75) is 82.6 Å². The van der Waals surface area contributed by atoms with E-state index in [1.165, 1.54) is 17.3 Å². The van der Waals surface area contributed by atoms with Gasteiger partial charge in [-0.15, -0.1) is 0 Å². The van der Waals surface area contributed by atoms with Crippen LogP contribution in [-0.2, 0) is 0 Å². The van der Waals surface area contributed by atoms with Crippen LogP contribution in [0.3, 0.4) is 0 Å². The van der Waals surface area contributed by atoms with Gasteiger partial charge in [0.25, 0.3) is 5.69 Å². The molecular formula is C25H36N2O2Si. The summed E-state index contributed by atoms with van der Waals surface area (Å²) >= 11 is 0. The maximum absolute atomic E-state index is 11.0. The van der Waals surface area contributed by atoms with Crippen LogP contribution in [0.4, 0.5) is 11.4 Å². The van der Waals surface area contributed by atoms with Crippen LogP contribution >= 0.6 is 0 Å². The number of para-hydroxylation sites is 1. The average Bonchev–Trinajstić information content (AvgIpc) is 2.70. The lowest BCUT2D eigenvalue weighted by Crippen LogP contribution is -2.46.